The number of aromatic nitrogens is 3. The van der Waals surface area contributed by atoms with Gasteiger partial charge in [0.1, 0.15) is 0 Å². The molecule has 82 valence electrons. The molecule has 0 radical (unpaired) electrons. The van der Waals surface area contributed by atoms with Gasteiger partial charge >= 0.3 is 0 Å². The van der Waals surface area contributed by atoms with E-state index in [4.69, 9.17) is 0 Å². The zero-order chi connectivity index (χ0) is 11.4. The summed E-state index contributed by atoms with van der Waals surface area (Å²) < 4.78 is 0. The van der Waals surface area contributed by atoms with Crippen molar-refractivity contribution in [2.24, 2.45) is 0 Å². The molecule has 0 amide bonds. The summed E-state index contributed by atoms with van der Waals surface area (Å²) in [4.78, 5) is 4.56. The lowest BCUT2D eigenvalue weighted by Gasteiger charge is -2.05. The molecule has 0 N–H and O–H groups in total. The van der Waals surface area contributed by atoms with Gasteiger partial charge in [-0.2, -0.15) is 5.10 Å². The number of aryl methyl sites for hydroxylation is 2. The summed E-state index contributed by atoms with van der Waals surface area (Å²) >= 11 is 0. The minimum atomic E-state index is 0.717. The molecule has 0 aliphatic rings. The lowest BCUT2D eigenvalue weighted by atomic mass is 10.2. The van der Waals surface area contributed by atoms with E-state index in [0.717, 1.165) is 35.6 Å². The van der Waals surface area contributed by atoms with Gasteiger partial charge in [0, 0.05) is 5.56 Å². The van der Waals surface area contributed by atoms with Gasteiger partial charge in [-0.3, -0.25) is 0 Å². The molecule has 0 saturated carbocycles. The van der Waals surface area contributed by atoms with Gasteiger partial charge < -0.3 is 0 Å². The second-order valence-electron chi connectivity index (χ2n) is 3.60. The van der Waals surface area contributed by atoms with Crippen LogP contribution < -0.4 is 0 Å². The summed E-state index contributed by atoms with van der Waals surface area (Å²) in [6, 6.07) is 9.96. The van der Waals surface area contributed by atoms with E-state index >= 15 is 0 Å². The molecular formula is C13H15N3. The zero-order valence-corrected chi connectivity index (χ0v) is 9.64. The largest absolute Gasteiger partial charge is 0.230 e. The molecule has 0 unspecified atom stereocenters. The highest BCUT2D eigenvalue weighted by Crippen LogP contribution is 2.14. The van der Waals surface area contributed by atoms with Crippen molar-refractivity contribution >= 4 is 0 Å². The second kappa shape index (κ2) is 4.84. The fourth-order valence-corrected chi connectivity index (χ4v) is 1.65. The van der Waals surface area contributed by atoms with Crippen LogP contribution in [0.15, 0.2) is 30.3 Å². The van der Waals surface area contributed by atoms with Crippen molar-refractivity contribution < 1.29 is 0 Å². The highest BCUT2D eigenvalue weighted by atomic mass is 15.2. The van der Waals surface area contributed by atoms with Gasteiger partial charge in [-0.05, 0) is 12.8 Å². The fraction of sp³-hybridized carbons (Fsp3) is 0.308. The van der Waals surface area contributed by atoms with Crippen LogP contribution in [0.4, 0.5) is 0 Å². The smallest absolute Gasteiger partial charge is 0.182 e. The molecule has 0 bridgehead atoms. The Balaban J connectivity index is 2.44. The molecule has 0 atom stereocenters. The third-order valence-corrected chi connectivity index (χ3v) is 2.54. The Morgan fingerprint density at radius 1 is 0.875 bits per heavy atom. The third-order valence-electron chi connectivity index (χ3n) is 2.54. The highest BCUT2D eigenvalue weighted by molar-refractivity contribution is 5.53. The molecule has 1 heterocycles. The first-order chi connectivity index (χ1) is 7.85. The number of hydrogen-bond donors (Lipinski definition) is 0. The first-order valence-corrected chi connectivity index (χ1v) is 5.63. The molecule has 3 nitrogen and oxygen atoms in total. The standard InChI is InChI=1S/C13H15N3/c1-3-11-12(4-2)15-16-13(14-11)10-8-6-5-7-9-10/h5-9H,3-4H2,1-2H3. The molecular weight excluding hydrogens is 198 g/mol. The zero-order valence-electron chi connectivity index (χ0n) is 9.64. The Hall–Kier alpha value is -1.77. The van der Waals surface area contributed by atoms with E-state index in [2.05, 4.69) is 29.0 Å². The number of benzene rings is 1. The van der Waals surface area contributed by atoms with Crippen LogP contribution in [-0.4, -0.2) is 15.2 Å². The molecule has 1 aromatic carbocycles. The van der Waals surface area contributed by atoms with Crippen molar-refractivity contribution in [3.05, 3.63) is 41.7 Å². The summed E-state index contributed by atoms with van der Waals surface area (Å²) in [6.45, 7) is 4.17. The van der Waals surface area contributed by atoms with Crippen LogP contribution in [0.5, 0.6) is 0 Å². The van der Waals surface area contributed by atoms with Gasteiger partial charge in [0.25, 0.3) is 0 Å². The monoisotopic (exact) mass is 213 g/mol. The van der Waals surface area contributed by atoms with Gasteiger partial charge in [-0.25, -0.2) is 4.98 Å². The van der Waals surface area contributed by atoms with Crippen LogP contribution in [0.25, 0.3) is 11.4 Å². The summed E-state index contributed by atoms with van der Waals surface area (Å²) in [5, 5.41) is 8.40. The highest BCUT2D eigenvalue weighted by Gasteiger charge is 2.07. The van der Waals surface area contributed by atoms with E-state index in [0.29, 0.717) is 0 Å². The average Bonchev–Trinajstić information content (AvgIpc) is 2.39. The molecule has 2 rings (SSSR count). The van der Waals surface area contributed by atoms with Crippen molar-refractivity contribution in [1.82, 2.24) is 15.2 Å². The average molecular weight is 213 g/mol. The molecule has 16 heavy (non-hydrogen) atoms. The SMILES string of the molecule is CCc1nnc(-c2ccccc2)nc1CC. The van der Waals surface area contributed by atoms with Gasteiger partial charge in [0.2, 0.25) is 0 Å². The third kappa shape index (κ3) is 2.08. The van der Waals surface area contributed by atoms with Crippen LogP contribution in [0.3, 0.4) is 0 Å². The molecule has 0 fully saturated rings. The Bertz CT molecular complexity index is 466. The van der Waals surface area contributed by atoms with Crippen molar-refractivity contribution in [3.8, 4) is 11.4 Å². The first-order valence-electron chi connectivity index (χ1n) is 5.63. The molecule has 3 heteroatoms. The summed E-state index contributed by atoms with van der Waals surface area (Å²) in [5.74, 6) is 0.717. The van der Waals surface area contributed by atoms with Crippen LogP contribution in [0.1, 0.15) is 25.2 Å². The predicted molar refractivity (Wildman–Crippen MR) is 64.0 cm³/mol. The lowest BCUT2D eigenvalue weighted by Crippen LogP contribution is -2.04. The normalized spacial score (nSPS) is 10.4. The molecule has 1 aromatic heterocycles. The van der Waals surface area contributed by atoms with Gasteiger partial charge in [0.15, 0.2) is 5.82 Å². The van der Waals surface area contributed by atoms with Crippen LogP contribution in [-0.2, 0) is 12.8 Å². The maximum Gasteiger partial charge on any atom is 0.182 e. The number of hydrogen-bond acceptors (Lipinski definition) is 3. The topological polar surface area (TPSA) is 38.7 Å². The van der Waals surface area contributed by atoms with Crippen molar-refractivity contribution in [3.63, 3.8) is 0 Å². The van der Waals surface area contributed by atoms with E-state index in [1.54, 1.807) is 0 Å². The molecule has 2 aromatic rings. The molecule has 0 spiro atoms. The van der Waals surface area contributed by atoms with Crippen molar-refractivity contribution in [2.45, 2.75) is 26.7 Å². The summed E-state index contributed by atoms with van der Waals surface area (Å²) in [7, 11) is 0. The Morgan fingerprint density at radius 3 is 2.19 bits per heavy atom. The van der Waals surface area contributed by atoms with E-state index in [-0.39, 0.29) is 0 Å². The molecule has 0 aliphatic carbocycles. The summed E-state index contributed by atoms with van der Waals surface area (Å²) in [5.41, 5.74) is 3.07. The molecule has 0 saturated heterocycles. The van der Waals surface area contributed by atoms with E-state index in [9.17, 15) is 0 Å². The Morgan fingerprint density at radius 2 is 1.56 bits per heavy atom. The van der Waals surface area contributed by atoms with E-state index in [1.807, 2.05) is 30.3 Å². The first kappa shape index (κ1) is 10.7. The maximum atomic E-state index is 4.56. The van der Waals surface area contributed by atoms with E-state index < -0.39 is 0 Å². The van der Waals surface area contributed by atoms with Crippen molar-refractivity contribution in [1.29, 1.82) is 0 Å². The van der Waals surface area contributed by atoms with E-state index in [1.165, 1.54) is 0 Å². The Kier molecular flexibility index (Phi) is 3.25. The van der Waals surface area contributed by atoms with Crippen LogP contribution >= 0.6 is 0 Å². The molecule has 0 aliphatic heterocycles. The maximum absolute atomic E-state index is 4.56. The minimum Gasteiger partial charge on any atom is -0.230 e. The minimum absolute atomic E-state index is 0.717. The second-order valence-corrected chi connectivity index (χ2v) is 3.60. The number of nitrogens with zero attached hydrogens (tertiary/aromatic N) is 3. The number of rotatable bonds is 3. The Labute approximate surface area is 95.6 Å². The van der Waals surface area contributed by atoms with Crippen molar-refractivity contribution in [2.75, 3.05) is 0 Å². The lowest BCUT2D eigenvalue weighted by molar-refractivity contribution is 0.828. The van der Waals surface area contributed by atoms with Crippen LogP contribution in [0.2, 0.25) is 0 Å². The predicted octanol–water partition coefficient (Wildman–Crippen LogP) is 2.66. The fourth-order valence-electron chi connectivity index (χ4n) is 1.65. The quantitative estimate of drug-likeness (QED) is 0.786. The van der Waals surface area contributed by atoms with Gasteiger partial charge in [-0.15, -0.1) is 5.10 Å². The van der Waals surface area contributed by atoms with Crippen LogP contribution in [0, 0.1) is 0 Å². The summed E-state index contributed by atoms with van der Waals surface area (Å²) in [6.07, 6.45) is 1.79. The van der Waals surface area contributed by atoms with Gasteiger partial charge in [0.05, 0.1) is 11.4 Å². The van der Waals surface area contributed by atoms with Gasteiger partial charge in [-0.1, -0.05) is 44.2 Å².